The van der Waals surface area contributed by atoms with Crippen molar-refractivity contribution >= 4 is 21.7 Å². The molecule has 0 saturated heterocycles. The minimum Gasteiger partial charge on any atom is -0.358 e. The fraction of sp³-hybridized carbons (Fsp3) is 0.0909. The summed E-state index contributed by atoms with van der Waals surface area (Å²) in [5.41, 5.74) is 1.35. The van der Waals surface area contributed by atoms with E-state index in [0.717, 1.165) is 10.0 Å². The third kappa shape index (κ3) is 2.38. The van der Waals surface area contributed by atoms with Gasteiger partial charge in [0.05, 0.1) is 23.9 Å². The van der Waals surface area contributed by atoms with Gasteiger partial charge in [0.15, 0.2) is 0 Å². The smallest absolute Gasteiger partial charge is 0.345 e. The maximum Gasteiger partial charge on any atom is 0.345 e. The highest BCUT2D eigenvalue weighted by Crippen LogP contribution is 2.21. The molecule has 0 radical (unpaired) electrons. The number of nitrogens with zero attached hydrogens (tertiary/aromatic N) is 4. The Hall–Kier alpha value is -2.20. The van der Waals surface area contributed by atoms with Crippen LogP contribution in [0.1, 0.15) is 11.1 Å². The van der Waals surface area contributed by atoms with Crippen LogP contribution in [0.15, 0.2) is 34.9 Å². The van der Waals surface area contributed by atoms with Crippen molar-refractivity contribution in [2.45, 2.75) is 6.54 Å². The molecule has 0 N–H and O–H groups in total. The average molecular weight is 307 g/mol. The third-order valence-electron chi connectivity index (χ3n) is 2.38. The fourth-order valence-electron chi connectivity index (χ4n) is 1.51. The molecular formula is C11H7BrN4O2. The second kappa shape index (κ2) is 4.98. The van der Waals surface area contributed by atoms with Crippen LogP contribution in [0, 0.1) is 21.4 Å². The Balaban J connectivity index is 2.32. The van der Waals surface area contributed by atoms with Gasteiger partial charge >= 0.3 is 5.82 Å². The van der Waals surface area contributed by atoms with Crippen LogP contribution in [0.2, 0.25) is 0 Å². The minimum atomic E-state index is -0.482. The topological polar surface area (TPSA) is 84.8 Å². The molecule has 0 aliphatic heterocycles. The van der Waals surface area contributed by atoms with E-state index in [1.54, 1.807) is 18.2 Å². The number of halogens is 1. The second-order valence-electron chi connectivity index (χ2n) is 3.52. The summed E-state index contributed by atoms with van der Waals surface area (Å²) in [5, 5.41) is 23.4. The number of rotatable bonds is 3. The molecule has 0 aliphatic rings. The van der Waals surface area contributed by atoms with Crippen molar-refractivity contribution in [1.82, 2.24) is 9.78 Å². The number of nitro groups is 1. The number of nitriles is 1. The zero-order valence-corrected chi connectivity index (χ0v) is 10.7. The molecule has 1 aromatic carbocycles. The Bertz CT molecular complexity index is 645. The number of benzene rings is 1. The van der Waals surface area contributed by atoms with Gasteiger partial charge in [-0.25, -0.2) is 0 Å². The Kier molecular flexibility index (Phi) is 3.39. The average Bonchev–Trinajstić information content (AvgIpc) is 2.80. The molecule has 0 saturated carbocycles. The van der Waals surface area contributed by atoms with Crippen molar-refractivity contribution in [2.24, 2.45) is 0 Å². The van der Waals surface area contributed by atoms with E-state index in [2.05, 4.69) is 21.0 Å². The quantitative estimate of drug-likeness (QED) is 0.644. The van der Waals surface area contributed by atoms with E-state index in [-0.39, 0.29) is 12.4 Å². The Morgan fingerprint density at radius 3 is 2.89 bits per heavy atom. The third-order valence-corrected chi connectivity index (χ3v) is 3.12. The summed E-state index contributed by atoms with van der Waals surface area (Å²) in [7, 11) is 0. The summed E-state index contributed by atoms with van der Waals surface area (Å²) in [6.45, 7) is 0.273. The maximum atomic E-state index is 10.7. The molecule has 90 valence electrons. The van der Waals surface area contributed by atoms with E-state index in [4.69, 9.17) is 5.26 Å². The highest BCUT2D eigenvalue weighted by Gasteiger charge is 2.15. The van der Waals surface area contributed by atoms with E-state index >= 15 is 0 Å². The first kappa shape index (κ1) is 12.3. The van der Waals surface area contributed by atoms with Gasteiger partial charge in [0.25, 0.3) is 0 Å². The first-order chi connectivity index (χ1) is 8.61. The van der Waals surface area contributed by atoms with E-state index in [1.807, 2.05) is 6.07 Å². The summed E-state index contributed by atoms with van der Waals surface area (Å²) < 4.78 is 2.03. The number of hydrogen-bond donors (Lipinski definition) is 0. The molecule has 6 nitrogen and oxygen atoms in total. The molecule has 1 heterocycles. The van der Waals surface area contributed by atoms with Gasteiger partial charge in [0, 0.05) is 10.0 Å². The molecular weight excluding hydrogens is 300 g/mol. The van der Waals surface area contributed by atoms with Crippen molar-refractivity contribution in [3.05, 3.63) is 56.2 Å². The monoisotopic (exact) mass is 306 g/mol. The summed E-state index contributed by atoms with van der Waals surface area (Å²) >= 11 is 3.33. The van der Waals surface area contributed by atoms with Gasteiger partial charge in [0.2, 0.25) is 0 Å². The Labute approximate surface area is 111 Å². The largest absolute Gasteiger partial charge is 0.358 e. The lowest BCUT2D eigenvalue weighted by atomic mass is 10.1. The van der Waals surface area contributed by atoms with E-state index < -0.39 is 4.92 Å². The first-order valence-corrected chi connectivity index (χ1v) is 5.76. The number of hydrogen-bond acceptors (Lipinski definition) is 4. The molecule has 0 bridgehead atoms. The van der Waals surface area contributed by atoms with Crippen molar-refractivity contribution in [1.29, 1.82) is 5.26 Å². The van der Waals surface area contributed by atoms with Gasteiger partial charge in [-0.15, -0.1) is 4.68 Å². The van der Waals surface area contributed by atoms with Gasteiger partial charge < -0.3 is 10.1 Å². The second-order valence-corrected chi connectivity index (χ2v) is 4.38. The molecule has 2 aromatic rings. The van der Waals surface area contributed by atoms with Gasteiger partial charge in [-0.05, 0) is 17.1 Å². The summed E-state index contributed by atoms with van der Waals surface area (Å²) in [6.07, 6.45) is 1.38. The molecule has 18 heavy (non-hydrogen) atoms. The van der Waals surface area contributed by atoms with Crippen LogP contribution in [-0.4, -0.2) is 14.7 Å². The lowest BCUT2D eigenvalue weighted by molar-refractivity contribution is -0.392. The molecule has 0 spiro atoms. The van der Waals surface area contributed by atoms with Crippen LogP contribution in [0.4, 0.5) is 5.82 Å². The van der Waals surface area contributed by atoms with Gasteiger partial charge in [0.1, 0.15) is 6.54 Å². The van der Waals surface area contributed by atoms with E-state index in [9.17, 15) is 10.1 Å². The van der Waals surface area contributed by atoms with Gasteiger partial charge in [-0.1, -0.05) is 27.1 Å². The van der Waals surface area contributed by atoms with Gasteiger partial charge in [-0.3, -0.25) is 0 Å². The van der Waals surface area contributed by atoms with Crippen molar-refractivity contribution < 1.29 is 4.92 Å². The van der Waals surface area contributed by atoms with Crippen LogP contribution in [0.3, 0.4) is 0 Å². The molecule has 0 unspecified atom stereocenters. The Morgan fingerprint density at radius 1 is 1.50 bits per heavy atom. The molecule has 1 aromatic heterocycles. The van der Waals surface area contributed by atoms with Crippen molar-refractivity contribution in [2.75, 3.05) is 0 Å². The van der Waals surface area contributed by atoms with Crippen molar-refractivity contribution in [3.63, 3.8) is 0 Å². The van der Waals surface area contributed by atoms with Crippen LogP contribution in [0.5, 0.6) is 0 Å². The van der Waals surface area contributed by atoms with Gasteiger partial charge in [-0.2, -0.15) is 5.26 Å². The maximum absolute atomic E-state index is 10.7. The zero-order chi connectivity index (χ0) is 13.1. The molecule has 0 atom stereocenters. The van der Waals surface area contributed by atoms with Crippen LogP contribution in [0.25, 0.3) is 0 Å². The fourth-order valence-corrected chi connectivity index (χ4v) is 2.01. The predicted octanol–water partition coefficient (Wildman–Crippen LogP) is 2.47. The molecule has 0 amide bonds. The van der Waals surface area contributed by atoms with E-state index in [0.29, 0.717) is 5.56 Å². The van der Waals surface area contributed by atoms with Crippen molar-refractivity contribution in [3.8, 4) is 6.07 Å². The summed E-state index contributed by atoms with van der Waals surface area (Å²) in [4.78, 5) is 10.3. The van der Waals surface area contributed by atoms with Crippen LogP contribution < -0.4 is 0 Å². The van der Waals surface area contributed by atoms with E-state index in [1.165, 1.54) is 16.9 Å². The Morgan fingerprint density at radius 2 is 2.28 bits per heavy atom. The minimum absolute atomic E-state index is 0.0636. The first-order valence-electron chi connectivity index (χ1n) is 4.96. The van der Waals surface area contributed by atoms with Crippen LogP contribution >= 0.6 is 15.9 Å². The summed E-state index contributed by atoms with van der Waals surface area (Å²) in [6, 6.07) is 8.45. The number of aromatic nitrogens is 2. The lowest BCUT2D eigenvalue weighted by Gasteiger charge is -2.03. The molecule has 0 aliphatic carbocycles. The molecule has 2 rings (SSSR count). The molecule has 0 fully saturated rings. The predicted molar refractivity (Wildman–Crippen MR) is 66.8 cm³/mol. The SMILES string of the molecule is N#Cc1ccc(Cn2nccc2[N+](=O)[O-])c(Br)c1. The standard InChI is InChI=1S/C11H7BrN4O2/c12-10-5-8(6-13)1-2-9(10)7-15-11(16(17)18)3-4-14-15/h1-5H,7H2. The molecule has 7 heteroatoms. The van der Waals surface area contributed by atoms with Crippen LogP contribution in [-0.2, 0) is 6.54 Å². The normalized spacial score (nSPS) is 10.0. The highest BCUT2D eigenvalue weighted by molar-refractivity contribution is 9.10. The highest BCUT2D eigenvalue weighted by atomic mass is 79.9. The zero-order valence-electron chi connectivity index (χ0n) is 9.08. The summed E-state index contributed by atoms with van der Waals surface area (Å²) in [5.74, 6) is -0.0636. The lowest BCUT2D eigenvalue weighted by Crippen LogP contribution is -2.06.